The number of halogens is 1. The van der Waals surface area contributed by atoms with Crippen LogP contribution in [0.25, 0.3) is 10.8 Å². The van der Waals surface area contributed by atoms with Crippen molar-refractivity contribution >= 4 is 28.3 Å². The topological polar surface area (TPSA) is 57.5 Å². The molecule has 0 radical (unpaired) electrons. The molecule has 0 fully saturated rings. The normalized spacial score (nSPS) is 11.7. The Morgan fingerprint density at radius 1 is 1.26 bits per heavy atom. The van der Waals surface area contributed by atoms with Crippen LogP contribution in [0.5, 0.6) is 5.75 Å². The van der Waals surface area contributed by atoms with Crippen LogP contribution in [-0.2, 0) is 10.2 Å². The summed E-state index contributed by atoms with van der Waals surface area (Å²) in [5.74, 6) is -0.781. The lowest BCUT2D eigenvalue weighted by Crippen LogP contribution is -2.22. The number of aliphatic carboxylic acids is 1. The number of carboxylic acids is 1. The van der Waals surface area contributed by atoms with Gasteiger partial charge in [0.25, 0.3) is 0 Å². The highest BCUT2D eigenvalue weighted by Crippen LogP contribution is 2.39. The lowest BCUT2D eigenvalue weighted by Gasteiger charge is -2.26. The number of phenols is 1. The van der Waals surface area contributed by atoms with Crippen LogP contribution in [0.4, 0.5) is 0 Å². The average molecular weight is 279 g/mol. The summed E-state index contributed by atoms with van der Waals surface area (Å²) in [4.78, 5) is 11.0. The van der Waals surface area contributed by atoms with E-state index in [1.165, 1.54) is 0 Å². The van der Waals surface area contributed by atoms with Crippen LogP contribution in [0.1, 0.15) is 25.8 Å². The van der Waals surface area contributed by atoms with Crippen molar-refractivity contribution in [3.8, 4) is 5.75 Å². The molecule has 3 nitrogen and oxygen atoms in total. The summed E-state index contributed by atoms with van der Waals surface area (Å²) in [5.41, 5.74) is -0.0208. The van der Waals surface area contributed by atoms with Crippen LogP contribution in [0.2, 0.25) is 5.02 Å². The van der Waals surface area contributed by atoms with Crippen LogP contribution in [0, 0.1) is 0 Å². The van der Waals surface area contributed by atoms with Gasteiger partial charge in [-0.2, -0.15) is 0 Å². The van der Waals surface area contributed by atoms with Crippen LogP contribution >= 0.6 is 11.6 Å². The fraction of sp³-hybridized carbons (Fsp3) is 0.267. The molecule has 2 aromatic rings. The number of phenolic OH excluding ortho intramolecular Hbond substituents is 1. The Hall–Kier alpha value is -1.74. The van der Waals surface area contributed by atoms with Crippen molar-refractivity contribution < 1.29 is 15.0 Å². The molecule has 0 unspecified atom stereocenters. The monoisotopic (exact) mass is 278 g/mol. The minimum atomic E-state index is -0.893. The van der Waals surface area contributed by atoms with E-state index in [9.17, 15) is 9.90 Å². The summed E-state index contributed by atoms with van der Waals surface area (Å²) in [6.07, 6.45) is -0.0533. The molecule has 0 saturated heterocycles. The number of carbonyl (C=O) groups is 1. The van der Waals surface area contributed by atoms with Gasteiger partial charge in [0.05, 0.1) is 6.42 Å². The Morgan fingerprint density at radius 2 is 1.95 bits per heavy atom. The SMILES string of the molecule is CC(C)(CC(=O)O)c1c(O)ccc2cc(Cl)ccc12. The van der Waals surface area contributed by atoms with Crippen molar-refractivity contribution in [2.75, 3.05) is 0 Å². The lowest BCUT2D eigenvalue weighted by molar-refractivity contribution is -0.138. The molecule has 0 heterocycles. The zero-order valence-electron chi connectivity index (χ0n) is 10.8. The Morgan fingerprint density at radius 3 is 2.58 bits per heavy atom. The Bertz CT molecular complexity index is 647. The minimum Gasteiger partial charge on any atom is -0.508 e. The van der Waals surface area contributed by atoms with E-state index >= 15 is 0 Å². The first kappa shape index (κ1) is 13.7. The van der Waals surface area contributed by atoms with Gasteiger partial charge in [-0.15, -0.1) is 0 Å². The van der Waals surface area contributed by atoms with E-state index in [1.54, 1.807) is 24.3 Å². The molecule has 0 bridgehead atoms. The largest absolute Gasteiger partial charge is 0.508 e. The van der Waals surface area contributed by atoms with Crippen LogP contribution in [0.15, 0.2) is 30.3 Å². The second-order valence-corrected chi connectivity index (χ2v) is 5.72. The quantitative estimate of drug-likeness (QED) is 0.894. The molecule has 0 aliphatic heterocycles. The van der Waals surface area contributed by atoms with Gasteiger partial charge in [0.1, 0.15) is 5.75 Å². The van der Waals surface area contributed by atoms with E-state index in [2.05, 4.69) is 0 Å². The van der Waals surface area contributed by atoms with Crippen molar-refractivity contribution in [2.45, 2.75) is 25.7 Å². The highest BCUT2D eigenvalue weighted by molar-refractivity contribution is 6.31. The van der Waals surface area contributed by atoms with Crippen LogP contribution in [0.3, 0.4) is 0 Å². The van der Waals surface area contributed by atoms with E-state index in [0.29, 0.717) is 10.6 Å². The zero-order valence-corrected chi connectivity index (χ0v) is 11.5. The van der Waals surface area contributed by atoms with Crippen LogP contribution < -0.4 is 0 Å². The van der Waals surface area contributed by atoms with Crippen molar-refractivity contribution in [1.82, 2.24) is 0 Å². The van der Waals surface area contributed by atoms with E-state index in [1.807, 2.05) is 19.9 Å². The smallest absolute Gasteiger partial charge is 0.304 e. The molecule has 0 aliphatic carbocycles. The van der Waals surface area contributed by atoms with Gasteiger partial charge in [-0.25, -0.2) is 0 Å². The molecule has 0 atom stereocenters. The Labute approximate surface area is 116 Å². The average Bonchev–Trinajstić information content (AvgIpc) is 2.27. The molecule has 2 N–H and O–H groups in total. The third-order valence-electron chi connectivity index (χ3n) is 3.23. The maximum atomic E-state index is 11.0. The first-order chi connectivity index (χ1) is 8.81. The number of carboxylic acid groups (broad SMARTS) is 1. The van der Waals surface area contributed by atoms with E-state index in [-0.39, 0.29) is 12.2 Å². The number of benzene rings is 2. The van der Waals surface area contributed by atoms with Crippen LogP contribution in [-0.4, -0.2) is 16.2 Å². The van der Waals surface area contributed by atoms with Crippen molar-refractivity contribution in [3.05, 3.63) is 40.9 Å². The molecule has 0 saturated carbocycles. The highest BCUT2D eigenvalue weighted by Gasteiger charge is 2.28. The minimum absolute atomic E-state index is 0.0533. The molecule has 19 heavy (non-hydrogen) atoms. The first-order valence-corrected chi connectivity index (χ1v) is 6.32. The molecule has 100 valence electrons. The second kappa shape index (κ2) is 4.74. The fourth-order valence-electron chi connectivity index (χ4n) is 2.47. The standard InChI is InChI=1S/C15H15ClO3/c1-15(2,8-13(18)19)14-11-5-4-10(16)7-9(11)3-6-12(14)17/h3-7,17H,8H2,1-2H3,(H,18,19). The summed E-state index contributed by atoms with van der Waals surface area (Å²) < 4.78 is 0. The Kier molecular flexibility index (Phi) is 3.42. The third kappa shape index (κ3) is 2.66. The molecular weight excluding hydrogens is 264 g/mol. The van der Waals surface area contributed by atoms with E-state index < -0.39 is 11.4 Å². The molecule has 0 amide bonds. The van der Waals surface area contributed by atoms with Gasteiger partial charge in [0.15, 0.2) is 0 Å². The zero-order chi connectivity index (χ0) is 14.2. The van der Waals surface area contributed by atoms with Crippen molar-refractivity contribution in [2.24, 2.45) is 0 Å². The van der Waals surface area contributed by atoms with Crippen molar-refractivity contribution in [1.29, 1.82) is 0 Å². The summed E-state index contributed by atoms with van der Waals surface area (Å²) >= 11 is 5.95. The molecule has 4 heteroatoms. The predicted molar refractivity (Wildman–Crippen MR) is 75.9 cm³/mol. The van der Waals surface area contributed by atoms with Gasteiger partial charge in [0, 0.05) is 16.0 Å². The van der Waals surface area contributed by atoms with Gasteiger partial charge >= 0.3 is 5.97 Å². The van der Waals surface area contributed by atoms with Gasteiger partial charge < -0.3 is 10.2 Å². The molecule has 0 spiro atoms. The van der Waals surface area contributed by atoms with E-state index in [0.717, 1.165) is 10.8 Å². The van der Waals surface area contributed by atoms with Gasteiger partial charge in [-0.05, 0) is 29.0 Å². The number of rotatable bonds is 3. The maximum Gasteiger partial charge on any atom is 0.304 e. The summed E-state index contributed by atoms with van der Waals surface area (Å²) in [5, 5.41) is 21.4. The van der Waals surface area contributed by atoms with Gasteiger partial charge in [0.2, 0.25) is 0 Å². The summed E-state index contributed by atoms with van der Waals surface area (Å²) in [6, 6.07) is 8.71. The summed E-state index contributed by atoms with van der Waals surface area (Å²) in [6.45, 7) is 3.62. The first-order valence-electron chi connectivity index (χ1n) is 5.95. The lowest BCUT2D eigenvalue weighted by atomic mass is 9.78. The highest BCUT2D eigenvalue weighted by atomic mass is 35.5. The second-order valence-electron chi connectivity index (χ2n) is 5.28. The number of hydrogen-bond acceptors (Lipinski definition) is 2. The Balaban J connectivity index is 2.71. The molecular formula is C15H15ClO3. The predicted octanol–water partition coefficient (Wildman–Crippen LogP) is 3.95. The summed E-state index contributed by atoms with van der Waals surface area (Å²) in [7, 11) is 0. The molecule has 2 rings (SSSR count). The number of aromatic hydroxyl groups is 1. The number of hydrogen-bond donors (Lipinski definition) is 2. The molecule has 2 aromatic carbocycles. The fourth-order valence-corrected chi connectivity index (χ4v) is 2.65. The molecule has 0 aliphatic rings. The van der Waals surface area contributed by atoms with Crippen molar-refractivity contribution in [3.63, 3.8) is 0 Å². The van der Waals surface area contributed by atoms with Gasteiger partial charge in [-0.1, -0.05) is 37.6 Å². The number of fused-ring (bicyclic) bond motifs is 1. The van der Waals surface area contributed by atoms with E-state index in [4.69, 9.17) is 16.7 Å². The maximum absolute atomic E-state index is 11.0. The molecule has 0 aromatic heterocycles. The third-order valence-corrected chi connectivity index (χ3v) is 3.46. The van der Waals surface area contributed by atoms with Gasteiger partial charge in [-0.3, -0.25) is 4.79 Å².